The summed E-state index contributed by atoms with van der Waals surface area (Å²) in [5.41, 5.74) is 0.664. The van der Waals surface area contributed by atoms with Crippen molar-refractivity contribution >= 4 is 23.6 Å². The van der Waals surface area contributed by atoms with Gasteiger partial charge in [-0.05, 0) is 49.8 Å². The molecule has 2 atom stereocenters. The highest BCUT2D eigenvalue weighted by atomic mass is 32.2. The molecule has 172 valence electrons. The summed E-state index contributed by atoms with van der Waals surface area (Å²) in [6.45, 7) is 3.50. The van der Waals surface area contributed by atoms with Crippen molar-refractivity contribution in [3.63, 3.8) is 0 Å². The van der Waals surface area contributed by atoms with Crippen LogP contribution in [0.25, 0.3) is 5.69 Å². The number of hydrogen-bond acceptors (Lipinski definition) is 6. The van der Waals surface area contributed by atoms with Gasteiger partial charge in [0, 0.05) is 25.7 Å². The van der Waals surface area contributed by atoms with Gasteiger partial charge in [0.2, 0.25) is 11.9 Å². The standard InChI is InChI=1S/C23H30FN5O2S/c24-18-7-3-8-19(15-18)29-22(27-11-13-31-14-12-27)25-26-23(29)32-16-21(30)28-10-4-6-17-5-1-2-9-20(17)28/h3,7-8,15,17,20H,1-2,4-6,9-14,16H2/t17-,20+/m1/s1. The zero-order valence-corrected chi connectivity index (χ0v) is 19.1. The Labute approximate surface area is 192 Å². The minimum absolute atomic E-state index is 0.174. The van der Waals surface area contributed by atoms with Gasteiger partial charge in [-0.25, -0.2) is 4.39 Å². The predicted octanol–water partition coefficient (Wildman–Crippen LogP) is 3.52. The number of fused-ring (bicyclic) bond motifs is 1. The minimum Gasteiger partial charge on any atom is -0.378 e. The van der Waals surface area contributed by atoms with Crippen molar-refractivity contribution in [2.24, 2.45) is 5.92 Å². The zero-order valence-electron chi connectivity index (χ0n) is 18.3. The van der Waals surface area contributed by atoms with Crippen molar-refractivity contribution in [3.05, 3.63) is 30.1 Å². The number of nitrogens with zero attached hydrogens (tertiary/aromatic N) is 5. The van der Waals surface area contributed by atoms with Gasteiger partial charge in [-0.1, -0.05) is 30.7 Å². The minimum atomic E-state index is -0.312. The van der Waals surface area contributed by atoms with E-state index in [1.807, 2.05) is 10.6 Å². The molecule has 3 fully saturated rings. The average Bonchev–Trinajstić information content (AvgIpc) is 3.27. The zero-order chi connectivity index (χ0) is 21.9. The third-order valence-electron chi connectivity index (χ3n) is 6.86. The van der Waals surface area contributed by atoms with E-state index in [9.17, 15) is 9.18 Å². The van der Waals surface area contributed by atoms with Gasteiger partial charge < -0.3 is 14.5 Å². The molecule has 1 aliphatic carbocycles. The molecule has 0 radical (unpaired) electrons. The Morgan fingerprint density at radius 2 is 1.91 bits per heavy atom. The Bertz CT molecular complexity index is 946. The fourth-order valence-electron chi connectivity index (χ4n) is 5.31. The molecule has 3 aliphatic rings. The molecule has 1 amide bonds. The Balaban J connectivity index is 1.36. The average molecular weight is 460 g/mol. The molecule has 1 aromatic heterocycles. The van der Waals surface area contributed by atoms with E-state index in [1.165, 1.54) is 49.6 Å². The summed E-state index contributed by atoms with van der Waals surface area (Å²) in [6, 6.07) is 6.84. The fourth-order valence-corrected chi connectivity index (χ4v) is 6.14. The summed E-state index contributed by atoms with van der Waals surface area (Å²) >= 11 is 1.39. The number of likely N-dealkylation sites (tertiary alicyclic amines) is 1. The number of thioether (sulfide) groups is 1. The van der Waals surface area contributed by atoms with Crippen LogP contribution in [0.3, 0.4) is 0 Å². The molecule has 0 spiro atoms. The van der Waals surface area contributed by atoms with E-state index in [1.54, 1.807) is 6.07 Å². The molecule has 5 rings (SSSR count). The maximum Gasteiger partial charge on any atom is 0.233 e. The van der Waals surface area contributed by atoms with Gasteiger partial charge in [0.05, 0.1) is 24.7 Å². The maximum atomic E-state index is 14.0. The summed E-state index contributed by atoms with van der Waals surface area (Å²) < 4.78 is 21.4. The van der Waals surface area contributed by atoms with E-state index in [0.717, 1.165) is 19.4 Å². The first kappa shape index (κ1) is 21.7. The van der Waals surface area contributed by atoms with Crippen LogP contribution in [0.15, 0.2) is 29.4 Å². The van der Waals surface area contributed by atoms with E-state index in [4.69, 9.17) is 4.74 Å². The van der Waals surface area contributed by atoms with Crippen LogP contribution < -0.4 is 4.90 Å². The van der Waals surface area contributed by atoms with Crippen LogP contribution in [-0.4, -0.2) is 70.2 Å². The van der Waals surface area contributed by atoms with Crippen LogP contribution in [0.4, 0.5) is 10.3 Å². The maximum absolute atomic E-state index is 14.0. The second-order valence-corrected chi connectivity index (χ2v) is 9.77. The first-order chi connectivity index (χ1) is 15.7. The number of rotatable bonds is 5. The number of piperidine rings is 1. The summed E-state index contributed by atoms with van der Waals surface area (Å²) in [7, 11) is 0. The lowest BCUT2D eigenvalue weighted by Gasteiger charge is -2.44. The van der Waals surface area contributed by atoms with Crippen LogP contribution in [0, 0.1) is 11.7 Å². The molecule has 1 saturated carbocycles. The Morgan fingerprint density at radius 1 is 1.09 bits per heavy atom. The molecule has 0 unspecified atom stereocenters. The van der Waals surface area contributed by atoms with Crippen LogP contribution in [0.5, 0.6) is 0 Å². The van der Waals surface area contributed by atoms with E-state index in [2.05, 4.69) is 20.0 Å². The van der Waals surface area contributed by atoms with Crippen molar-refractivity contribution in [1.29, 1.82) is 0 Å². The van der Waals surface area contributed by atoms with E-state index < -0.39 is 0 Å². The van der Waals surface area contributed by atoms with Gasteiger partial charge in [0.15, 0.2) is 5.16 Å². The van der Waals surface area contributed by atoms with E-state index in [-0.39, 0.29) is 11.7 Å². The fraction of sp³-hybridized carbons (Fsp3) is 0.609. The number of ether oxygens (including phenoxy) is 1. The van der Waals surface area contributed by atoms with Crippen molar-refractivity contribution in [2.45, 2.75) is 49.7 Å². The van der Waals surface area contributed by atoms with Crippen molar-refractivity contribution in [3.8, 4) is 5.69 Å². The van der Waals surface area contributed by atoms with Crippen LogP contribution in [0.2, 0.25) is 0 Å². The highest BCUT2D eigenvalue weighted by molar-refractivity contribution is 7.99. The smallest absolute Gasteiger partial charge is 0.233 e. The molecule has 7 nitrogen and oxygen atoms in total. The number of aromatic nitrogens is 3. The highest BCUT2D eigenvalue weighted by Crippen LogP contribution is 2.36. The number of amides is 1. The van der Waals surface area contributed by atoms with Gasteiger partial charge >= 0.3 is 0 Å². The first-order valence-corrected chi connectivity index (χ1v) is 12.7. The third kappa shape index (κ3) is 4.50. The molecule has 2 aliphatic heterocycles. The van der Waals surface area contributed by atoms with Gasteiger partial charge in [-0.3, -0.25) is 9.36 Å². The number of carbonyl (C=O) groups is 1. The highest BCUT2D eigenvalue weighted by Gasteiger charge is 2.35. The Kier molecular flexibility index (Phi) is 6.64. The second-order valence-electron chi connectivity index (χ2n) is 8.83. The number of hydrogen-bond donors (Lipinski definition) is 0. The number of morpholine rings is 1. The van der Waals surface area contributed by atoms with E-state index >= 15 is 0 Å². The monoisotopic (exact) mass is 459 g/mol. The van der Waals surface area contributed by atoms with Crippen molar-refractivity contribution in [2.75, 3.05) is 43.5 Å². The summed E-state index contributed by atoms with van der Waals surface area (Å²) in [4.78, 5) is 17.4. The van der Waals surface area contributed by atoms with Gasteiger partial charge in [0.1, 0.15) is 5.82 Å². The molecule has 2 saturated heterocycles. The molecule has 1 aromatic carbocycles. The molecule has 3 heterocycles. The molecular formula is C23H30FN5O2S. The quantitative estimate of drug-likeness (QED) is 0.638. The number of halogens is 1. The van der Waals surface area contributed by atoms with Gasteiger partial charge in [0.25, 0.3) is 0 Å². The lowest BCUT2D eigenvalue weighted by Crippen LogP contribution is -2.50. The second kappa shape index (κ2) is 9.79. The summed E-state index contributed by atoms with van der Waals surface area (Å²) in [6.07, 6.45) is 7.23. The van der Waals surface area contributed by atoms with Crippen molar-refractivity contribution < 1.29 is 13.9 Å². The molecule has 0 bridgehead atoms. The Hall–Kier alpha value is -2.13. The molecular weight excluding hydrogens is 429 g/mol. The Morgan fingerprint density at radius 3 is 2.75 bits per heavy atom. The van der Waals surface area contributed by atoms with Crippen molar-refractivity contribution in [1.82, 2.24) is 19.7 Å². The lowest BCUT2D eigenvalue weighted by atomic mass is 9.78. The normalized spacial score (nSPS) is 23.8. The summed E-state index contributed by atoms with van der Waals surface area (Å²) in [5.74, 6) is 1.51. The van der Waals surface area contributed by atoms with Gasteiger partial charge in [-0.15, -0.1) is 10.2 Å². The summed E-state index contributed by atoms with van der Waals surface area (Å²) in [5, 5.41) is 9.43. The number of benzene rings is 1. The van der Waals surface area contributed by atoms with Gasteiger partial charge in [-0.2, -0.15) is 0 Å². The molecule has 0 N–H and O–H groups in total. The molecule has 32 heavy (non-hydrogen) atoms. The van der Waals surface area contributed by atoms with Crippen LogP contribution >= 0.6 is 11.8 Å². The number of carbonyl (C=O) groups excluding carboxylic acids is 1. The van der Waals surface area contributed by atoms with Crippen LogP contribution in [0.1, 0.15) is 38.5 Å². The largest absolute Gasteiger partial charge is 0.378 e. The SMILES string of the molecule is O=C(CSc1nnc(N2CCOCC2)n1-c1cccc(F)c1)N1CCC[C@H]2CCCC[C@@H]21. The van der Waals surface area contributed by atoms with E-state index in [0.29, 0.717) is 60.8 Å². The number of anilines is 1. The molecule has 9 heteroatoms. The lowest BCUT2D eigenvalue weighted by molar-refractivity contribution is -0.134. The predicted molar refractivity (Wildman–Crippen MR) is 122 cm³/mol. The third-order valence-corrected chi connectivity index (χ3v) is 7.78. The topological polar surface area (TPSA) is 63.5 Å². The first-order valence-electron chi connectivity index (χ1n) is 11.7. The van der Waals surface area contributed by atoms with Crippen LogP contribution in [-0.2, 0) is 9.53 Å². The molecule has 2 aromatic rings.